The summed E-state index contributed by atoms with van der Waals surface area (Å²) in [5.74, 6) is -0.346. The van der Waals surface area contributed by atoms with E-state index >= 15 is 0 Å². The zero-order valence-corrected chi connectivity index (χ0v) is 43.4. The number of benzene rings is 5. The van der Waals surface area contributed by atoms with Crippen LogP contribution in [0.25, 0.3) is 10.9 Å². The average Bonchev–Trinajstić information content (AvgIpc) is 3.62. The lowest BCUT2D eigenvalue weighted by atomic mass is 9.84. The summed E-state index contributed by atoms with van der Waals surface area (Å²) in [7, 11) is 1.40. The number of hydrogen-bond donors (Lipinski definition) is 5. The van der Waals surface area contributed by atoms with Crippen LogP contribution in [0, 0.1) is 0 Å². The fourth-order valence-corrected chi connectivity index (χ4v) is 11.5. The Bertz CT molecular complexity index is 2700. The van der Waals surface area contributed by atoms with Crippen molar-refractivity contribution >= 4 is 52.2 Å². The number of methoxy groups -OCH3 is 1. The van der Waals surface area contributed by atoms with E-state index in [9.17, 15) is 25.2 Å². The molecule has 2 heterocycles. The third-order valence-corrected chi connectivity index (χ3v) is 16.0. The van der Waals surface area contributed by atoms with Gasteiger partial charge in [0.1, 0.15) is 28.5 Å². The summed E-state index contributed by atoms with van der Waals surface area (Å²) in [6, 6.07) is 23.9. The van der Waals surface area contributed by atoms with Gasteiger partial charge < -0.3 is 30.1 Å². The molecular formula is C55H66N2O6S3. The molecule has 8 bridgehead atoms. The normalized spacial score (nSPS) is 15.2. The summed E-state index contributed by atoms with van der Waals surface area (Å²) in [5.41, 5.74) is 4.19. The molecule has 5 aromatic carbocycles. The number of carbonyl (C=O) groups excluding carboxylic acids is 1. The first kappa shape index (κ1) is 49.2. The second-order valence-corrected chi connectivity index (χ2v) is 25.3. The van der Waals surface area contributed by atoms with E-state index in [1.165, 1.54) is 42.4 Å². The highest BCUT2D eigenvalue weighted by atomic mass is 32.2. The van der Waals surface area contributed by atoms with E-state index in [1.54, 1.807) is 0 Å². The Kier molecular flexibility index (Phi) is 13.2. The van der Waals surface area contributed by atoms with Crippen molar-refractivity contribution in [1.29, 1.82) is 0 Å². The van der Waals surface area contributed by atoms with E-state index in [2.05, 4.69) is 88.1 Å². The van der Waals surface area contributed by atoms with E-state index in [0.29, 0.717) is 40.5 Å². The Labute approximate surface area is 404 Å². The molecule has 6 aromatic rings. The van der Waals surface area contributed by atoms with Crippen molar-refractivity contribution < 1.29 is 30.0 Å². The molecule has 0 spiro atoms. The third kappa shape index (κ3) is 9.96. The molecule has 0 unspecified atom stereocenters. The molecule has 8 nitrogen and oxygen atoms in total. The number of aromatic amines is 1. The van der Waals surface area contributed by atoms with Crippen LogP contribution in [0.15, 0.2) is 108 Å². The summed E-state index contributed by atoms with van der Waals surface area (Å²) in [6.07, 6.45) is 2.18. The number of para-hydroxylation sites is 1. The first-order valence-electron chi connectivity index (χ1n) is 22.5. The summed E-state index contributed by atoms with van der Waals surface area (Å²) >= 11 is 3.89. The minimum atomic E-state index is -1.34. The number of phenolic OH excluding ortho intramolecular Hbond substituents is 4. The number of nitrogens with zero attached hydrogens (tertiary/aromatic N) is 1. The zero-order valence-electron chi connectivity index (χ0n) is 40.9. The number of nitrogens with one attached hydrogen (secondary N) is 1. The molecule has 7 rings (SSSR count). The minimum absolute atomic E-state index is 0.0252. The predicted octanol–water partition coefficient (Wildman–Crippen LogP) is 14.1. The minimum Gasteiger partial charge on any atom is -0.506 e. The number of hydrogen-bond acceptors (Lipinski definition) is 10. The standard InChI is InChI=1S/C55H66N2O6S3/c1-51(2,3)34-19-31-29-57(55(13,50(62)63-14)27-33-28-56-39-18-16-15-17-38(33)39)30-32-20-35(52(4,5)6)22-41(47(32)59)65-43-24-37(54(10,11)12)26-45(49(43)61)66-44-25-36(53(7,8)9)23-42(48(44)60)64-40(21-34)46(31)58/h15-26,28,56,58-61H,27,29-30H2,1-14H3/t55-/m0/s1. The van der Waals surface area contributed by atoms with Gasteiger partial charge in [-0.15, -0.1) is 0 Å². The van der Waals surface area contributed by atoms with E-state index < -0.39 is 11.5 Å². The van der Waals surface area contributed by atoms with Gasteiger partial charge in [-0.2, -0.15) is 0 Å². The molecule has 0 fully saturated rings. The van der Waals surface area contributed by atoms with Gasteiger partial charge in [-0.25, -0.2) is 0 Å². The molecule has 0 saturated heterocycles. The molecule has 0 saturated carbocycles. The number of H-pyrrole nitrogens is 1. The van der Waals surface area contributed by atoms with Crippen molar-refractivity contribution in [2.24, 2.45) is 0 Å². The van der Waals surface area contributed by atoms with Crippen LogP contribution in [0.1, 0.15) is 129 Å². The SMILES string of the molecule is COC(=O)[C@](C)(Cc1c[nH]c2ccccc12)N1Cc2cc(C(C)(C)C)cc(c2O)Sc2cc(C(C)(C)C)cc(c2O)Sc2cc(C(C)(C)C)cc(c2O)Sc2cc(C(C)(C)C)cc(c2O)C1. The van der Waals surface area contributed by atoms with Gasteiger partial charge in [0.15, 0.2) is 0 Å². The van der Waals surface area contributed by atoms with Crippen LogP contribution in [0.3, 0.4) is 0 Å². The van der Waals surface area contributed by atoms with E-state index in [1.807, 2.05) is 90.8 Å². The quantitative estimate of drug-likeness (QED) is 0.109. The Morgan fingerprint density at radius 2 is 0.909 bits per heavy atom. The first-order chi connectivity index (χ1) is 30.6. The second-order valence-electron chi connectivity index (χ2n) is 22.1. The maximum atomic E-state index is 14.6. The number of rotatable bonds is 4. The van der Waals surface area contributed by atoms with Crippen molar-refractivity contribution in [1.82, 2.24) is 9.88 Å². The largest absolute Gasteiger partial charge is 0.506 e. The van der Waals surface area contributed by atoms with Crippen LogP contribution < -0.4 is 0 Å². The summed E-state index contributed by atoms with van der Waals surface area (Å²) < 4.78 is 5.69. The lowest BCUT2D eigenvalue weighted by Crippen LogP contribution is -2.54. The van der Waals surface area contributed by atoms with E-state index in [4.69, 9.17) is 4.74 Å². The molecule has 11 heteroatoms. The monoisotopic (exact) mass is 946 g/mol. The van der Waals surface area contributed by atoms with Crippen molar-refractivity contribution in [2.75, 3.05) is 7.11 Å². The molecule has 1 atom stereocenters. The molecule has 350 valence electrons. The Morgan fingerprint density at radius 3 is 1.27 bits per heavy atom. The third-order valence-electron chi connectivity index (χ3n) is 12.8. The number of ether oxygens (including phenoxy) is 1. The molecule has 0 radical (unpaired) electrons. The van der Waals surface area contributed by atoms with Crippen molar-refractivity contribution in [3.05, 3.63) is 118 Å². The van der Waals surface area contributed by atoms with Crippen molar-refractivity contribution in [3.8, 4) is 23.0 Å². The second kappa shape index (κ2) is 17.8. The number of fused-ring (bicyclic) bond motifs is 9. The van der Waals surface area contributed by atoms with Crippen LogP contribution in [0.4, 0.5) is 0 Å². The van der Waals surface area contributed by atoms with Gasteiger partial charge in [0.25, 0.3) is 0 Å². The number of phenols is 4. The van der Waals surface area contributed by atoms with Gasteiger partial charge in [0.05, 0.1) is 36.5 Å². The molecule has 1 aromatic heterocycles. The molecule has 1 aliphatic heterocycles. The van der Waals surface area contributed by atoms with E-state index in [-0.39, 0.29) is 64.2 Å². The highest BCUT2D eigenvalue weighted by molar-refractivity contribution is 8.01. The van der Waals surface area contributed by atoms with Gasteiger partial charge in [-0.05, 0) is 98.9 Å². The maximum Gasteiger partial charge on any atom is 0.326 e. The fourth-order valence-electron chi connectivity index (χ4n) is 8.29. The average molecular weight is 947 g/mol. The van der Waals surface area contributed by atoms with Gasteiger partial charge >= 0.3 is 5.97 Å². The number of esters is 1. The molecule has 5 N–H and O–H groups in total. The Balaban J connectivity index is 1.58. The topological polar surface area (TPSA) is 126 Å². The van der Waals surface area contributed by atoms with E-state index in [0.717, 1.165) is 38.7 Å². The van der Waals surface area contributed by atoms with Crippen LogP contribution in [-0.2, 0) is 50.7 Å². The first-order valence-corrected chi connectivity index (χ1v) is 24.9. The highest BCUT2D eigenvalue weighted by Gasteiger charge is 2.43. The molecule has 1 aliphatic rings. The number of carbonyl (C=O) groups is 1. The van der Waals surface area contributed by atoms with Gasteiger partial charge in [-0.1, -0.05) is 149 Å². The molecule has 0 amide bonds. The Morgan fingerprint density at radius 1 is 0.561 bits per heavy atom. The smallest absolute Gasteiger partial charge is 0.326 e. The summed E-state index contributed by atoms with van der Waals surface area (Å²) in [5, 5.41) is 50.8. The highest BCUT2D eigenvalue weighted by Crippen LogP contribution is 2.53. The van der Waals surface area contributed by atoms with Crippen molar-refractivity contribution in [2.45, 2.75) is 166 Å². The van der Waals surface area contributed by atoms with Crippen molar-refractivity contribution in [3.63, 3.8) is 0 Å². The lowest BCUT2D eigenvalue weighted by molar-refractivity contribution is -0.155. The van der Waals surface area contributed by atoms with Gasteiger partial charge in [-0.3, -0.25) is 9.69 Å². The maximum absolute atomic E-state index is 14.6. The predicted molar refractivity (Wildman–Crippen MR) is 271 cm³/mol. The molecule has 66 heavy (non-hydrogen) atoms. The van der Waals surface area contributed by atoms with Crippen LogP contribution in [0.5, 0.6) is 23.0 Å². The zero-order chi connectivity index (χ0) is 48.5. The Hall–Kier alpha value is -4.68. The number of aromatic hydroxyl groups is 4. The molecule has 0 aliphatic carbocycles. The van der Waals surface area contributed by atoms with Crippen LogP contribution in [0.2, 0.25) is 0 Å². The number of aromatic nitrogens is 1. The summed E-state index contributed by atoms with van der Waals surface area (Å²) in [4.78, 5) is 23.4. The van der Waals surface area contributed by atoms with Gasteiger partial charge in [0, 0.05) is 47.7 Å². The lowest BCUT2D eigenvalue weighted by Gasteiger charge is -2.40. The molecular weight excluding hydrogens is 881 g/mol. The fraction of sp³-hybridized carbons (Fsp3) is 0.400. The summed E-state index contributed by atoms with van der Waals surface area (Å²) in [6.45, 7) is 27.5. The van der Waals surface area contributed by atoms with Crippen LogP contribution in [-0.4, -0.2) is 48.9 Å². The van der Waals surface area contributed by atoms with Crippen LogP contribution >= 0.6 is 35.3 Å². The van der Waals surface area contributed by atoms with Gasteiger partial charge in [0.2, 0.25) is 0 Å².